The summed E-state index contributed by atoms with van der Waals surface area (Å²) in [7, 11) is 3.72. The van der Waals surface area contributed by atoms with Gasteiger partial charge in [0.25, 0.3) is 11.8 Å². The van der Waals surface area contributed by atoms with Gasteiger partial charge >= 0.3 is 0 Å². The molecule has 2 rings (SSSR count). The van der Waals surface area contributed by atoms with Crippen LogP contribution in [0.5, 0.6) is 0 Å². The van der Waals surface area contributed by atoms with Crippen molar-refractivity contribution in [1.29, 1.82) is 0 Å². The highest BCUT2D eigenvalue weighted by Gasteiger charge is 2.28. The van der Waals surface area contributed by atoms with Crippen molar-refractivity contribution < 1.29 is 14.3 Å². The molecule has 2 aliphatic carbocycles. The van der Waals surface area contributed by atoms with Crippen molar-refractivity contribution >= 4 is 11.8 Å². The minimum Gasteiger partial charge on any atom is -0.356 e. The number of nitrogens with zero attached hydrogens (tertiary/aromatic N) is 2. The average Bonchev–Trinajstić information content (AvgIpc) is 2.68. The van der Waals surface area contributed by atoms with Crippen LogP contribution in [0.2, 0.25) is 0 Å². The summed E-state index contributed by atoms with van der Waals surface area (Å²) in [6, 6.07) is 0. The highest BCUT2D eigenvalue weighted by molar-refractivity contribution is 5.83. The summed E-state index contributed by atoms with van der Waals surface area (Å²) < 4.78 is 5.81. The zero-order valence-corrected chi connectivity index (χ0v) is 17.9. The number of rotatable bonds is 8. The van der Waals surface area contributed by atoms with Crippen LogP contribution in [-0.2, 0) is 14.3 Å². The monoisotopic (exact) mass is 380 g/mol. The molecule has 27 heavy (non-hydrogen) atoms. The molecule has 5 heteroatoms. The van der Waals surface area contributed by atoms with Crippen LogP contribution >= 0.6 is 0 Å². The summed E-state index contributed by atoms with van der Waals surface area (Å²) in [4.78, 5) is 28.9. The third kappa shape index (κ3) is 7.10. The molecular formula is C22H40N2O3. The molecular weight excluding hydrogens is 340 g/mol. The van der Waals surface area contributed by atoms with Crippen molar-refractivity contribution in [3.05, 3.63) is 0 Å². The molecule has 0 N–H and O–H groups in total. The van der Waals surface area contributed by atoms with Crippen molar-refractivity contribution in [3.63, 3.8) is 0 Å². The Morgan fingerprint density at radius 1 is 0.741 bits per heavy atom. The van der Waals surface area contributed by atoms with Crippen LogP contribution in [0.3, 0.4) is 0 Å². The topological polar surface area (TPSA) is 49.9 Å². The second-order valence-electron chi connectivity index (χ2n) is 8.87. The van der Waals surface area contributed by atoms with Gasteiger partial charge in [-0.1, -0.05) is 38.5 Å². The number of likely N-dealkylation sites (N-methyl/N-ethyl adjacent to an activating group) is 2. The van der Waals surface area contributed by atoms with Crippen LogP contribution < -0.4 is 0 Å². The predicted octanol–water partition coefficient (Wildman–Crippen LogP) is 3.86. The number of hydrogen-bond acceptors (Lipinski definition) is 3. The standard InChI is InChI=1S/C22H40N2O3/c1-17(21(25)23(3)15-19-11-7-5-8-12-19)27-18(2)22(26)24(4)16-20-13-9-6-10-14-20/h17-20H,5-16H2,1-4H3/t17-,18-/m0/s1. The molecule has 0 bridgehead atoms. The maximum absolute atomic E-state index is 12.6. The van der Waals surface area contributed by atoms with Gasteiger partial charge in [0.1, 0.15) is 12.2 Å². The lowest BCUT2D eigenvalue weighted by molar-refractivity contribution is -0.154. The van der Waals surface area contributed by atoms with E-state index in [9.17, 15) is 9.59 Å². The van der Waals surface area contributed by atoms with E-state index in [2.05, 4.69) is 0 Å². The van der Waals surface area contributed by atoms with Crippen molar-refractivity contribution in [2.75, 3.05) is 27.2 Å². The van der Waals surface area contributed by atoms with E-state index in [1.165, 1.54) is 64.2 Å². The SMILES string of the molecule is C[C@H](O[C@@H](C)C(=O)N(C)CC1CCCCC1)C(=O)N(C)CC1CCCCC1. The van der Waals surface area contributed by atoms with E-state index < -0.39 is 12.2 Å². The van der Waals surface area contributed by atoms with E-state index in [1.54, 1.807) is 23.6 Å². The van der Waals surface area contributed by atoms with Gasteiger partial charge in [-0.25, -0.2) is 0 Å². The van der Waals surface area contributed by atoms with Gasteiger partial charge in [0.05, 0.1) is 0 Å². The summed E-state index contributed by atoms with van der Waals surface area (Å²) >= 11 is 0. The fourth-order valence-corrected chi connectivity index (χ4v) is 4.74. The molecule has 2 atom stereocenters. The molecule has 2 saturated carbocycles. The number of carbonyl (C=O) groups excluding carboxylic acids is 2. The minimum absolute atomic E-state index is 0.0184. The largest absolute Gasteiger partial charge is 0.356 e. The first kappa shape index (κ1) is 22.2. The average molecular weight is 381 g/mol. The van der Waals surface area contributed by atoms with Crippen molar-refractivity contribution in [3.8, 4) is 0 Å². The van der Waals surface area contributed by atoms with Gasteiger partial charge in [-0.15, -0.1) is 0 Å². The highest BCUT2D eigenvalue weighted by Crippen LogP contribution is 2.25. The van der Waals surface area contributed by atoms with Crippen LogP contribution in [0, 0.1) is 11.8 Å². The molecule has 0 radical (unpaired) electrons. The molecule has 2 aliphatic rings. The van der Waals surface area contributed by atoms with Gasteiger partial charge in [-0.05, 0) is 51.4 Å². The molecule has 0 heterocycles. The van der Waals surface area contributed by atoms with E-state index >= 15 is 0 Å². The van der Waals surface area contributed by atoms with Gasteiger partial charge in [0, 0.05) is 27.2 Å². The maximum atomic E-state index is 12.6. The smallest absolute Gasteiger partial charge is 0.251 e. The Bertz CT molecular complexity index is 428. The summed E-state index contributed by atoms with van der Waals surface area (Å²) in [5.74, 6) is 1.19. The molecule has 0 aromatic carbocycles. The van der Waals surface area contributed by atoms with Gasteiger partial charge in [-0.2, -0.15) is 0 Å². The summed E-state index contributed by atoms with van der Waals surface area (Å²) in [5, 5.41) is 0. The van der Waals surface area contributed by atoms with Gasteiger partial charge in [0.2, 0.25) is 0 Å². The number of ether oxygens (including phenoxy) is 1. The third-order valence-corrected chi connectivity index (χ3v) is 6.37. The Morgan fingerprint density at radius 2 is 1.07 bits per heavy atom. The minimum atomic E-state index is -0.583. The van der Waals surface area contributed by atoms with E-state index in [0.717, 1.165) is 13.1 Å². The molecule has 156 valence electrons. The predicted molar refractivity (Wildman–Crippen MR) is 108 cm³/mol. The molecule has 0 spiro atoms. The lowest BCUT2D eigenvalue weighted by atomic mass is 9.89. The van der Waals surface area contributed by atoms with Crippen LogP contribution in [0.25, 0.3) is 0 Å². The quantitative estimate of drug-likeness (QED) is 0.642. The molecule has 0 unspecified atom stereocenters. The first-order valence-electron chi connectivity index (χ1n) is 11.0. The molecule has 2 amide bonds. The number of amides is 2. The second-order valence-corrected chi connectivity index (χ2v) is 8.87. The molecule has 5 nitrogen and oxygen atoms in total. The van der Waals surface area contributed by atoms with Crippen LogP contribution in [0.1, 0.15) is 78.1 Å². The zero-order valence-electron chi connectivity index (χ0n) is 17.9. The molecule has 0 saturated heterocycles. The summed E-state index contributed by atoms with van der Waals surface area (Å²) in [6.07, 6.45) is 11.4. The van der Waals surface area contributed by atoms with Gasteiger partial charge in [-0.3, -0.25) is 9.59 Å². The molecule has 0 aromatic rings. The molecule has 2 fully saturated rings. The van der Waals surface area contributed by atoms with Crippen LogP contribution in [0.15, 0.2) is 0 Å². The van der Waals surface area contributed by atoms with E-state index in [-0.39, 0.29) is 11.8 Å². The first-order chi connectivity index (χ1) is 12.9. The van der Waals surface area contributed by atoms with E-state index in [4.69, 9.17) is 4.74 Å². The van der Waals surface area contributed by atoms with Crippen LogP contribution in [-0.4, -0.2) is 61.0 Å². The fraction of sp³-hybridized carbons (Fsp3) is 0.909. The Balaban J connectivity index is 1.75. The Hall–Kier alpha value is -1.10. The Morgan fingerprint density at radius 3 is 1.41 bits per heavy atom. The van der Waals surface area contributed by atoms with Crippen LogP contribution in [0.4, 0.5) is 0 Å². The summed E-state index contributed by atoms with van der Waals surface area (Å²) in [5.41, 5.74) is 0. The van der Waals surface area contributed by atoms with Gasteiger partial charge < -0.3 is 14.5 Å². The maximum Gasteiger partial charge on any atom is 0.251 e. The number of carbonyl (C=O) groups is 2. The lowest BCUT2D eigenvalue weighted by Crippen LogP contribution is -2.44. The van der Waals surface area contributed by atoms with Crippen molar-refractivity contribution in [1.82, 2.24) is 9.80 Å². The van der Waals surface area contributed by atoms with Crippen molar-refractivity contribution in [2.24, 2.45) is 11.8 Å². The van der Waals surface area contributed by atoms with E-state index in [0.29, 0.717) is 11.8 Å². The van der Waals surface area contributed by atoms with Gasteiger partial charge in [0.15, 0.2) is 0 Å². The zero-order chi connectivity index (χ0) is 19.8. The Kier molecular flexibility index (Phi) is 9.07. The normalized spacial score (nSPS) is 21.5. The second kappa shape index (κ2) is 11.0. The lowest BCUT2D eigenvalue weighted by Gasteiger charge is -2.31. The third-order valence-electron chi connectivity index (χ3n) is 6.37. The Labute approximate surface area is 165 Å². The van der Waals surface area contributed by atoms with Crippen molar-refractivity contribution in [2.45, 2.75) is 90.3 Å². The molecule has 0 aliphatic heterocycles. The number of hydrogen-bond donors (Lipinski definition) is 0. The fourth-order valence-electron chi connectivity index (χ4n) is 4.74. The summed E-state index contributed by atoms with van der Waals surface area (Å²) in [6.45, 7) is 5.14. The molecule has 0 aromatic heterocycles. The van der Waals surface area contributed by atoms with E-state index in [1.807, 2.05) is 14.1 Å². The first-order valence-corrected chi connectivity index (χ1v) is 11.0. The highest BCUT2D eigenvalue weighted by atomic mass is 16.5.